The number of fused-ring (bicyclic) bond motifs is 1. The smallest absolute Gasteiger partial charge is 0.0725 e. The van der Waals surface area contributed by atoms with Crippen LogP contribution in [0.15, 0.2) is 30.3 Å². The Morgan fingerprint density at radius 1 is 1.22 bits per heavy atom. The Labute approximate surface area is 112 Å². The molecule has 1 aromatic heterocycles. The molecule has 0 spiro atoms. The van der Waals surface area contributed by atoms with Gasteiger partial charge in [0.2, 0.25) is 0 Å². The van der Waals surface area contributed by atoms with Crippen molar-refractivity contribution in [2.75, 3.05) is 16.8 Å². The first-order valence-electron chi connectivity index (χ1n) is 6.53. The Balaban J connectivity index is 1.94. The Bertz CT molecular complexity index is 547. The van der Waals surface area contributed by atoms with Crippen molar-refractivity contribution in [3.8, 4) is 0 Å². The maximum absolute atomic E-state index is 4.59. The first kappa shape index (κ1) is 11.8. The number of nitrogens with one attached hydrogen (secondary N) is 1. The summed E-state index contributed by atoms with van der Waals surface area (Å²) in [6.07, 6.45) is 2.53. The third kappa shape index (κ3) is 2.46. The summed E-state index contributed by atoms with van der Waals surface area (Å²) in [4.78, 5) is 4.59. The lowest BCUT2D eigenvalue weighted by molar-refractivity contribution is 0.667. The van der Waals surface area contributed by atoms with Crippen molar-refractivity contribution >= 4 is 28.4 Å². The summed E-state index contributed by atoms with van der Waals surface area (Å²) in [7, 11) is 0. The lowest BCUT2D eigenvalue weighted by Crippen LogP contribution is -2.24. The van der Waals surface area contributed by atoms with Gasteiger partial charge in [-0.1, -0.05) is 18.2 Å². The highest BCUT2D eigenvalue weighted by Crippen LogP contribution is 2.26. The van der Waals surface area contributed by atoms with Crippen molar-refractivity contribution in [1.82, 2.24) is 4.98 Å². The molecular weight excluding hydrogens is 240 g/mol. The molecule has 94 valence electrons. The Hall–Kier alpha value is -1.22. The fourth-order valence-electron chi connectivity index (χ4n) is 2.49. The number of aromatic nitrogens is 1. The van der Waals surface area contributed by atoms with Gasteiger partial charge in [-0.2, -0.15) is 11.8 Å². The first-order valence-corrected chi connectivity index (χ1v) is 7.69. The van der Waals surface area contributed by atoms with E-state index < -0.39 is 0 Å². The predicted molar refractivity (Wildman–Crippen MR) is 80.4 cm³/mol. The van der Waals surface area contributed by atoms with E-state index in [1.807, 2.05) is 0 Å². The zero-order valence-electron chi connectivity index (χ0n) is 10.6. The van der Waals surface area contributed by atoms with Crippen LogP contribution < -0.4 is 5.32 Å². The van der Waals surface area contributed by atoms with Crippen LogP contribution in [-0.4, -0.2) is 22.5 Å². The molecule has 3 rings (SSSR count). The second-order valence-corrected chi connectivity index (χ2v) is 6.08. The average molecular weight is 258 g/mol. The van der Waals surface area contributed by atoms with Gasteiger partial charge in [0, 0.05) is 22.8 Å². The highest BCUT2D eigenvalue weighted by molar-refractivity contribution is 7.99. The molecule has 1 saturated heterocycles. The zero-order chi connectivity index (χ0) is 12.4. The maximum Gasteiger partial charge on any atom is 0.0725 e. The number of aryl methyl sites for hydroxylation is 1. The van der Waals surface area contributed by atoms with Gasteiger partial charge in [-0.3, -0.25) is 4.98 Å². The third-order valence-electron chi connectivity index (χ3n) is 3.43. The standard InChI is InChI=1S/C15H18N2S/c1-11-10-15(17-12-6-8-18-9-7-12)13-4-2-3-5-14(13)16-11/h2-5,10,12H,6-9H2,1H3,(H,16,17). The molecule has 2 aromatic rings. The molecule has 0 unspecified atom stereocenters. The van der Waals surface area contributed by atoms with Crippen LogP contribution in [0.5, 0.6) is 0 Å². The average Bonchev–Trinajstić information content (AvgIpc) is 2.40. The SMILES string of the molecule is Cc1cc(NC2CCSCC2)c2ccccc2n1. The normalized spacial score (nSPS) is 16.9. The Morgan fingerprint density at radius 3 is 2.83 bits per heavy atom. The van der Waals surface area contributed by atoms with Crippen molar-refractivity contribution in [2.45, 2.75) is 25.8 Å². The van der Waals surface area contributed by atoms with Gasteiger partial charge in [-0.15, -0.1) is 0 Å². The second kappa shape index (κ2) is 5.19. The van der Waals surface area contributed by atoms with E-state index in [1.165, 1.54) is 35.4 Å². The Morgan fingerprint density at radius 2 is 2.00 bits per heavy atom. The van der Waals surface area contributed by atoms with Gasteiger partial charge in [0.05, 0.1) is 5.52 Å². The van der Waals surface area contributed by atoms with E-state index in [0.717, 1.165) is 11.2 Å². The third-order valence-corrected chi connectivity index (χ3v) is 4.47. The predicted octanol–water partition coefficient (Wildman–Crippen LogP) is 3.85. The maximum atomic E-state index is 4.59. The minimum Gasteiger partial charge on any atom is -0.382 e. The number of rotatable bonds is 2. The fraction of sp³-hybridized carbons (Fsp3) is 0.400. The molecule has 1 fully saturated rings. The van der Waals surface area contributed by atoms with Crippen LogP contribution in [-0.2, 0) is 0 Å². The number of pyridine rings is 1. The molecule has 0 bridgehead atoms. The van der Waals surface area contributed by atoms with Crippen LogP contribution in [0.4, 0.5) is 5.69 Å². The quantitative estimate of drug-likeness (QED) is 0.885. The van der Waals surface area contributed by atoms with E-state index in [4.69, 9.17) is 0 Å². The van der Waals surface area contributed by atoms with E-state index in [2.05, 4.69) is 59.3 Å². The van der Waals surface area contributed by atoms with Crippen LogP contribution in [0, 0.1) is 6.92 Å². The highest BCUT2D eigenvalue weighted by Gasteiger charge is 2.14. The zero-order valence-corrected chi connectivity index (χ0v) is 11.5. The summed E-state index contributed by atoms with van der Waals surface area (Å²) in [5.41, 5.74) is 3.42. The van der Waals surface area contributed by atoms with Crippen molar-refractivity contribution < 1.29 is 0 Å². The highest BCUT2D eigenvalue weighted by atomic mass is 32.2. The second-order valence-electron chi connectivity index (χ2n) is 4.86. The van der Waals surface area contributed by atoms with Crippen molar-refractivity contribution in [1.29, 1.82) is 0 Å². The minimum absolute atomic E-state index is 0.622. The van der Waals surface area contributed by atoms with Crippen LogP contribution in [0.2, 0.25) is 0 Å². The molecule has 1 aliphatic heterocycles. The molecule has 18 heavy (non-hydrogen) atoms. The van der Waals surface area contributed by atoms with E-state index >= 15 is 0 Å². The number of para-hydroxylation sites is 1. The number of benzene rings is 1. The fourth-order valence-corrected chi connectivity index (χ4v) is 3.60. The minimum atomic E-state index is 0.622. The molecule has 2 heterocycles. The van der Waals surface area contributed by atoms with Crippen LogP contribution in [0.3, 0.4) is 0 Å². The molecule has 2 nitrogen and oxygen atoms in total. The van der Waals surface area contributed by atoms with Crippen molar-refractivity contribution in [3.05, 3.63) is 36.0 Å². The molecule has 3 heteroatoms. The molecular formula is C15H18N2S. The van der Waals surface area contributed by atoms with Crippen LogP contribution in [0.25, 0.3) is 10.9 Å². The monoisotopic (exact) mass is 258 g/mol. The topological polar surface area (TPSA) is 24.9 Å². The number of nitrogens with zero attached hydrogens (tertiary/aromatic N) is 1. The summed E-state index contributed by atoms with van der Waals surface area (Å²) in [5.74, 6) is 2.55. The molecule has 1 aromatic carbocycles. The van der Waals surface area contributed by atoms with Gasteiger partial charge in [-0.05, 0) is 43.4 Å². The summed E-state index contributed by atoms with van der Waals surface area (Å²) >= 11 is 2.06. The Kier molecular flexibility index (Phi) is 3.41. The summed E-state index contributed by atoms with van der Waals surface area (Å²) in [5, 5.41) is 4.95. The molecule has 0 atom stereocenters. The van der Waals surface area contributed by atoms with Gasteiger partial charge in [0.25, 0.3) is 0 Å². The summed E-state index contributed by atoms with van der Waals surface area (Å²) in [6, 6.07) is 11.2. The number of hydrogen-bond donors (Lipinski definition) is 1. The van der Waals surface area contributed by atoms with Gasteiger partial charge >= 0.3 is 0 Å². The van der Waals surface area contributed by atoms with E-state index in [-0.39, 0.29) is 0 Å². The molecule has 0 amide bonds. The number of anilines is 1. The molecule has 0 saturated carbocycles. The van der Waals surface area contributed by atoms with Crippen LogP contribution in [0.1, 0.15) is 18.5 Å². The van der Waals surface area contributed by atoms with Crippen molar-refractivity contribution in [3.63, 3.8) is 0 Å². The number of hydrogen-bond acceptors (Lipinski definition) is 3. The van der Waals surface area contributed by atoms with E-state index in [1.54, 1.807) is 0 Å². The molecule has 1 N–H and O–H groups in total. The van der Waals surface area contributed by atoms with E-state index in [0.29, 0.717) is 6.04 Å². The molecule has 0 radical (unpaired) electrons. The largest absolute Gasteiger partial charge is 0.382 e. The van der Waals surface area contributed by atoms with Gasteiger partial charge in [0.15, 0.2) is 0 Å². The van der Waals surface area contributed by atoms with Crippen molar-refractivity contribution in [2.24, 2.45) is 0 Å². The van der Waals surface area contributed by atoms with Gasteiger partial charge in [0.1, 0.15) is 0 Å². The lowest BCUT2D eigenvalue weighted by atomic mass is 10.1. The van der Waals surface area contributed by atoms with Gasteiger partial charge < -0.3 is 5.32 Å². The molecule has 1 aliphatic rings. The summed E-state index contributed by atoms with van der Waals surface area (Å²) in [6.45, 7) is 2.06. The van der Waals surface area contributed by atoms with E-state index in [9.17, 15) is 0 Å². The number of thioether (sulfide) groups is 1. The van der Waals surface area contributed by atoms with Crippen LogP contribution >= 0.6 is 11.8 Å². The first-order chi connectivity index (χ1) is 8.83. The lowest BCUT2D eigenvalue weighted by Gasteiger charge is -2.24. The molecule has 0 aliphatic carbocycles. The van der Waals surface area contributed by atoms with Gasteiger partial charge in [-0.25, -0.2) is 0 Å². The summed E-state index contributed by atoms with van der Waals surface area (Å²) < 4.78 is 0.